The third-order valence-electron chi connectivity index (χ3n) is 3.24. The van der Waals surface area contributed by atoms with Crippen LogP contribution in [0.3, 0.4) is 0 Å². The summed E-state index contributed by atoms with van der Waals surface area (Å²) in [6.45, 7) is 0.966. The highest BCUT2D eigenvalue weighted by Gasteiger charge is 2.09. The van der Waals surface area contributed by atoms with Gasteiger partial charge in [0.1, 0.15) is 5.04 Å². The molecule has 3 N–H and O–H groups in total. The number of benzene rings is 1. The molecular weight excluding hydrogens is 274 g/mol. The molecule has 0 amide bonds. The molecule has 0 saturated heterocycles. The zero-order valence-electron chi connectivity index (χ0n) is 11.6. The van der Waals surface area contributed by atoms with Crippen molar-refractivity contribution in [2.45, 2.75) is 12.8 Å². The first-order chi connectivity index (χ1) is 9.47. The van der Waals surface area contributed by atoms with Gasteiger partial charge in [-0.2, -0.15) is 0 Å². The van der Waals surface area contributed by atoms with Gasteiger partial charge in [0.05, 0.1) is 0 Å². The Morgan fingerprint density at radius 3 is 2.85 bits per heavy atom. The van der Waals surface area contributed by atoms with Crippen LogP contribution < -0.4 is 0 Å². The van der Waals surface area contributed by atoms with E-state index < -0.39 is 11.1 Å². The maximum Gasteiger partial charge on any atom is 0.200 e. The number of nitrogens with zero attached hydrogens (tertiary/aromatic N) is 1. The van der Waals surface area contributed by atoms with Gasteiger partial charge >= 0.3 is 0 Å². The van der Waals surface area contributed by atoms with Crippen LogP contribution >= 0.6 is 0 Å². The van der Waals surface area contributed by atoms with E-state index in [2.05, 4.69) is 9.88 Å². The van der Waals surface area contributed by atoms with Crippen molar-refractivity contribution in [3.63, 3.8) is 0 Å². The zero-order valence-corrected chi connectivity index (χ0v) is 12.5. The number of hydrogen-bond donors (Lipinski definition) is 3. The molecular formula is C14H19N3O2S. The third kappa shape index (κ3) is 3.53. The molecule has 5 nitrogen and oxygen atoms in total. The highest BCUT2D eigenvalue weighted by molar-refractivity contribution is 7.95. The van der Waals surface area contributed by atoms with E-state index in [1.807, 2.05) is 38.5 Å². The fourth-order valence-corrected chi connectivity index (χ4v) is 2.42. The minimum absolute atomic E-state index is 0.172. The van der Waals surface area contributed by atoms with Gasteiger partial charge < -0.3 is 14.4 Å². The van der Waals surface area contributed by atoms with Gasteiger partial charge in [0.15, 0.2) is 0 Å². The first kappa shape index (κ1) is 14.9. The summed E-state index contributed by atoms with van der Waals surface area (Å²) < 4.78 is 19.7. The lowest BCUT2D eigenvalue weighted by atomic mass is 10.1. The number of aromatic nitrogens is 1. The highest BCUT2D eigenvalue weighted by Crippen LogP contribution is 2.21. The maximum atomic E-state index is 10.8. The Labute approximate surface area is 120 Å². The van der Waals surface area contributed by atoms with Crippen LogP contribution in [-0.4, -0.2) is 44.3 Å². The largest absolute Gasteiger partial charge is 0.361 e. The summed E-state index contributed by atoms with van der Waals surface area (Å²) in [7, 11) is 4.08. The van der Waals surface area contributed by atoms with Crippen LogP contribution in [0.5, 0.6) is 0 Å². The molecule has 0 spiro atoms. The summed E-state index contributed by atoms with van der Waals surface area (Å²) in [4.78, 5) is 5.37. The summed E-state index contributed by atoms with van der Waals surface area (Å²) in [5, 5.41) is 8.43. The van der Waals surface area contributed by atoms with Crippen molar-refractivity contribution in [2.75, 3.05) is 20.6 Å². The van der Waals surface area contributed by atoms with Gasteiger partial charge in [0, 0.05) is 30.1 Å². The second kappa shape index (κ2) is 6.30. The molecule has 1 unspecified atom stereocenters. The molecule has 0 aliphatic rings. The molecule has 1 heterocycles. The molecule has 0 fully saturated rings. The van der Waals surface area contributed by atoms with Crippen molar-refractivity contribution in [1.29, 1.82) is 5.41 Å². The first-order valence-electron chi connectivity index (χ1n) is 6.39. The van der Waals surface area contributed by atoms with Gasteiger partial charge in [-0.1, -0.05) is 6.07 Å². The average Bonchev–Trinajstić information content (AvgIpc) is 2.78. The van der Waals surface area contributed by atoms with Gasteiger partial charge in [-0.25, -0.2) is 4.21 Å². The zero-order chi connectivity index (χ0) is 14.7. The van der Waals surface area contributed by atoms with E-state index in [0.29, 0.717) is 0 Å². The van der Waals surface area contributed by atoms with Crippen LogP contribution in [0.2, 0.25) is 0 Å². The Balaban J connectivity index is 2.24. The SMILES string of the molecule is CN(C)CCc1c[nH]c2ccc(CC(=N)S(=O)O)cc12. The number of aromatic amines is 1. The fraction of sp³-hybridized carbons (Fsp3) is 0.357. The second-order valence-corrected chi connectivity index (χ2v) is 6.09. The topological polar surface area (TPSA) is 80.2 Å². The molecule has 2 rings (SSSR count). The molecule has 1 aromatic heterocycles. The number of hydrogen-bond acceptors (Lipinski definition) is 3. The van der Waals surface area contributed by atoms with E-state index in [4.69, 9.17) is 9.96 Å². The van der Waals surface area contributed by atoms with Crippen LogP contribution in [0.15, 0.2) is 24.4 Å². The van der Waals surface area contributed by atoms with E-state index >= 15 is 0 Å². The quantitative estimate of drug-likeness (QED) is 0.448. The number of likely N-dealkylation sites (N-methyl/N-ethyl adjacent to an activating group) is 1. The summed E-state index contributed by atoms with van der Waals surface area (Å²) >= 11 is -2.18. The maximum absolute atomic E-state index is 10.8. The Kier molecular flexibility index (Phi) is 4.69. The van der Waals surface area contributed by atoms with Crippen molar-refractivity contribution < 1.29 is 8.76 Å². The predicted octanol–water partition coefficient (Wildman–Crippen LogP) is 2.01. The van der Waals surface area contributed by atoms with Gasteiger partial charge in [0.25, 0.3) is 0 Å². The summed E-state index contributed by atoms with van der Waals surface area (Å²) in [6, 6.07) is 5.84. The van der Waals surface area contributed by atoms with E-state index in [9.17, 15) is 4.21 Å². The summed E-state index contributed by atoms with van der Waals surface area (Å²) in [6.07, 6.45) is 3.16. The molecule has 1 aromatic carbocycles. The lowest BCUT2D eigenvalue weighted by Crippen LogP contribution is -2.14. The molecule has 6 heteroatoms. The van der Waals surface area contributed by atoms with Crippen LogP contribution in [-0.2, 0) is 23.9 Å². The lowest BCUT2D eigenvalue weighted by Gasteiger charge is -2.08. The number of H-pyrrole nitrogens is 1. The van der Waals surface area contributed by atoms with Gasteiger partial charge in [-0.15, -0.1) is 0 Å². The van der Waals surface area contributed by atoms with E-state index in [1.54, 1.807) is 0 Å². The summed E-state index contributed by atoms with van der Waals surface area (Å²) in [5.41, 5.74) is 3.17. The Morgan fingerprint density at radius 1 is 1.45 bits per heavy atom. The van der Waals surface area contributed by atoms with Crippen molar-refractivity contribution in [3.05, 3.63) is 35.5 Å². The normalized spacial score (nSPS) is 13.0. The smallest absolute Gasteiger partial charge is 0.200 e. The number of nitrogens with one attached hydrogen (secondary N) is 2. The van der Waals surface area contributed by atoms with Crippen LogP contribution in [0, 0.1) is 5.41 Å². The second-order valence-electron chi connectivity index (χ2n) is 5.10. The molecule has 20 heavy (non-hydrogen) atoms. The fourth-order valence-electron chi connectivity index (χ4n) is 2.13. The standard InChI is InChI=1S/C14H19N3O2S/c1-17(2)6-5-11-9-16-13-4-3-10(7-12(11)13)8-14(15)20(18)19/h3-4,7,9,15-16H,5-6,8H2,1-2H3,(H,18,19). The van der Waals surface area contributed by atoms with Crippen molar-refractivity contribution in [1.82, 2.24) is 9.88 Å². The predicted molar refractivity (Wildman–Crippen MR) is 82.8 cm³/mol. The average molecular weight is 293 g/mol. The van der Waals surface area contributed by atoms with Crippen molar-refractivity contribution >= 4 is 27.0 Å². The lowest BCUT2D eigenvalue weighted by molar-refractivity contribution is 0.414. The Hall–Kier alpha value is -1.50. The van der Waals surface area contributed by atoms with E-state index in [-0.39, 0.29) is 11.5 Å². The minimum Gasteiger partial charge on any atom is -0.361 e. The van der Waals surface area contributed by atoms with Gasteiger partial charge in [0.2, 0.25) is 11.1 Å². The van der Waals surface area contributed by atoms with Gasteiger partial charge in [-0.05, 0) is 43.8 Å². The minimum atomic E-state index is -2.18. The van der Waals surface area contributed by atoms with E-state index in [0.717, 1.165) is 29.4 Å². The first-order valence-corrected chi connectivity index (χ1v) is 7.50. The molecule has 1 atom stereocenters. The third-order valence-corrected chi connectivity index (χ3v) is 3.80. The molecule has 0 bridgehead atoms. The molecule has 0 radical (unpaired) electrons. The highest BCUT2D eigenvalue weighted by atomic mass is 32.2. The molecule has 108 valence electrons. The molecule has 0 aliphatic carbocycles. The molecule has 2 aromatic rings. The Bertz CT molecular complexity index is 649. The van der Waals surface area contributed by atoms with Crippen molar-refractivity contribution in [3.8, 4) is 0 Å². The van der Waals surface area contributed by atoms with Crippen LogP contribution in [0.25, 0.3) is 10.9 Å². The van der Waals surface area contributed by atoms with Gasteiger partial charge in [-0.3, -0.25) is 5.41 Å². The molecule has 0 saturated carbocycles. The summed E-state index contributed by atoms with van der Waals surface area (Å²) in [5.74, 6) is 0. The number of fused-ring (bicyclic) bond motifs is 1. The monoisotopic (exact) mass is 293 g/mol. The Morgan fingerprint density at radius 2 is 2.20 bits per heavy atom. The van der Waals surface area contributed by atoms with Crippen molar-refractivity contribution in [2.24, 2.45) is 0 Å². The van der Waals surface area contributed by atoms with E-state index in [1.165, 1.54) is 5.56 Å². The number of rotatable bonds is 5. The van der Waals surface area contributed by atoms with Crippen LogP contribution in [0.1, 0.15) is 11.1 Å². The molecule has 0 aliphatic heterocycles. The van der Waals surface area contributed by atoms with Crippen LogP contribution in [0.4, 0.5) is 0 Å².